The van der Waals surface area contributed by atoms with E-state index < -0.39 is 16.1 Å². The number of nitrogens with zero attached hydrogens (tertiary/aromatic N) is 6. The van der Waals surface area contributed by atoms with E-state index in [2.05, 4.69) is 35.1 Å². The molecule has 0 spiro atoms. The number of carbonyl (C=O) groups excluding carboxylic acids is 1. The minimum atomic E-state index is -3.80. The molecule has 2 saturated heterocycles. The molecule has 6 rings (SSSR count). The van der Waals surface area contributed by atoms with E-state index in [0.29, 0.717) is 43.9 Å². The van der Waals surface area contributed by atoms with Crippen LogP contribution in [0.2, 0.25) is 5.02 Å². The highest BCUT2D eigenvalue weighted by molar-refractivity contribution is 7.89. The average Bonchev–Trinajstić information content (AvgIpc) is 3.69. The first-order chi connectivity index (χ1) is 20.5. The van der Waals surface area contributed by atoms with Crippen molar-refractivity contribution in [1.29, 1.82) is 0 Å². The number of carbonyl (C=O) groups is 1. The van der Waals surface area contributed by atoms with Crippen molar-refractivity contribution in [2.45, 2.75) is 95.9 Å². The maximum Gasteiger partial charge on any atom is 0.244 e. The summed E-state index contributed by atoms with van der Waals surface area (Å²) in [6.45, 7) is 12.0. The second kappa shape index (κ2) is 11.6. The summed E-state index contributed by atoms with van der Waals surface area (Å²) in [6.07, 6.45) is 5.14. The molecule has 2 aliphatic heterocycles. The Morgan fingerprint density at radius 2 is 1.74 bits per heavy atom. The minimum Gasteiger partial charge on any atom is -0.338 e. The van der Waals surface area contributed by atoms with E-state index >= 15 is 0 Å². The van der Waals surface area contributed by atoms with Gasteiger partial charge in [-0.3, -0.25) is 9.69 Å². The van der Waals surface area contributed by atoms with Crippen molar-refractivity contribution in [3.63, 3.8) is 0 Å². The summed E-state index contributed by atoms with van der Waals surface area (Å²) in [5.74, 6) is -0.0913. The average molecular weight is 625 g/mol. The minimum absolute atomic E-state index is 0.0805. The van der Waals surface area contributed by atoms with Crippen molar-refractivity contribution >= 4 is 27.5 Å². The number of hydrogen-bond acceptors (Lipinski definition) is 6. The molecule has 1 aliphatic carbocycles. The zero-order valence-corrected chi connectivity index (χ0v) is 27.2. The van der Waals surface area contributed by atoms with Crippen molar-refractivity contribution in [2.75, 3.05) is 19.6 Å². The zero-order valence-electron chi connectivity index (χ0n) is 25.6. The van der Waals surface area contributed by atoms with Crippen LogP contribution in [-0.4, -0.2) is 81.2 Å². The molecule has 1 amide bonds. The first kappa shape index (κ1) is 30.2. The monoisotopic (exact) mass is 624 g/mol. The number of rotatable bonds is 6. The van der Waals surface area contributed by atoms with Crippen LogP contribution in [0.25, 0.3) is 0 Å². The van der Waals surface area contributed by atoms with E-state index in [1.807, 2.05) is 60.8 Å². The highest BCUT2D eigenvalue weighted by atomic mass is 35.5. The molecule has 0 N–H and O–H groups in total. The number of benzene rings is 2. The van der Waals surface area contributed by atoms with E-state index in [1.54, 1.807) is 0 Å². The van der Waals surface area contributed by atoms with Gasteiger partial charge in [0.25, 0.3) is 0 Å². The van der Waals surface area contributed by atoms with Gasteiger partial charge in [-0.05, 0) is 88.6 Å². The molecule has 3 aromatic rings. The van der Waals surface area contributed by atoms with Gasteiger partial charge in [-0.1, -0.05) is 46.6 Å². The molecule has 3 heterocycles. The summed E-state index contributed by atoms with van der Waals surface area (Å²) in [6, 6.07) is 9.49. The molecule has 1 unspecified atom stereocenters. The Bertz CT molecular complexity index is 1620. The fourth-order valence-corrected chi connectivity index (χ4v) is 9.95. The van der Waals surface area contributed by atoms with Gasteiger partial charge in [0.15, 0.2) is 0 Å². The maximum atomic E-state index is 13.9. The van der Waals surface area contributed by atoms with Crippen LogP contribution in [-0.2, 0) is 27.8 Å². The van der Waals surface area contributed by atoms with Gasteiger partial charge in [-0.15, -0.1) is 5.10 Å². The lowest BCUT2D eigenvalue weighted by Gasteiger charge is -2.45. The van der Waals surface area contributed by atoms with Crippen LogP contribution in [0.1, 0.15) is 72.7 Å². The van der Waals surface area contributed by atoms with E-state index in [1.165, 1.54) is 15.4 Å². The van der Waals surface area contributed by atoms with Crippen molar-refractivity contribution in [1.82, 2.24) is 29.1 Å². The Morgan fingerprint density at radius 1 is 1.05 bits per heavy atom. The molecule has 11 heteroatoms. The predicted molar refractivity (Wildman–Crippen MR) is 167 cm³/mol. The number of amides is 1. The Hall–Kier alpha value is -2.79. The zero-order chi connectivity index (χ0) is 30.6. The Morgan fingerprint density at radius 3 is 2.44 bits per heavy atom. The third kappa shape index (κ3) is 5.52. The second-order valence-corrected chi connectivity index (χ2v) is 14.9. The number of piperazine rings is 1. The normalized spacial score (nSPS) is 24.9. The molecule has 4 atom stereocenters. The fourth-order valence-electron chi connectivity index (χ4n) is 7.61. The van der Waals surface area contributed by atoms with Crippen LogP contribution in [0.5, 0.6) is 0 Å². The van der Waals surface area contributed by atoms with E-state index in [4.69, 9.17) is 11.6 Å². The smallest absolute Gasteiger partial charge is 0.244 e. The van der Waals surface area contributed by atoms with Gasteiger partial charge in [0.05, 0.1) is 22.8 Å². The van der Waals surface area contributed by atoms with Gasteiger partial charge in [-0.25, -0.2) is 13.1 Å². The topological polar surface area (TPSA) is 91.6 Å². The van der Waals surface area contributed by atoms with E-state index in [0.717, 1.165) is 40.2 Å². The van der Waals surface area contributed by atoms with Crippen molar-refractivity contribution < 1.29 is 13.2 Å². The van der Waals surface area contributed by atoms with Crippen LogP contribution in [0.15, 0.2) is 41.4 Å². The third-order valence-electron chi connectivity index (χ3n) is 9.48. The third-order valence-corrected chi connectivity index (χ3v) is 12.0. The van der Waals surface area contributed by atoms with Crippen molar-refractivity contribution in [3.8, 4) is 0 Å². The molecule has 9 nitrogen and oxygen atoms in total. The number of fused-ring (bicyclic) bond motifs is 1. The lowest BCUT2D eigenvalue weighted by molar-refractivity contribution is -0.139. The summed E-state index contributed by atoms with van der Waals surface area (Å²) in [7, 11) is -3.80. The Balaban J connectivity index is 1.13. The molecule has 2 fully saturated rings. The van der Waals surface area contributed by atoms with Gasteiger partial charge in [0, 0.05) is 43.3 Å². The first-order valence-electron chi connectivity index (χ1n) is 15.3. The summed E-state index contributed by atoms with van der Waals surface area (Å²) in [4.78, 5) is 18.5. The van der Waals surface area contributed by atoms with Crippen LogP contribution in [0, 0.1) is 20.8 Å². The number of aryl methyl sites for hydroxylation is 3. The summed E-state index contributed by atoms with van der Waals surface area (Å²) in [5.41, 5.74) is 5.79. The van der Waals surface area contributed by atoms with Crippen LogP contribution < -0.4 is 0 Å². The molecule has 0 radical (unpaired) electrons. The van der Waals surface area contributed by atoms with Gasteiger partial charge in [0.2, 0.25) is 15.9 Å². The molecule has 43 heavy (non-hydrogen) atoms. The summed E-state index contributed by atoms with van der Waals surface area (Å²) < 4.78 is 31.2. The molecule has 1 aromatic heterocycles. The molecule has 0 bridgehead atoms. The number of halogens is 1. The Labute approximate surface area is 259 Å². The van der Waals surface area contributed by atoms with Gasteiger partial charge in [0.1, 0.15) is 6.04 Å². The molecular formula is C32H41ClN6O3S. The van der Waals surface area contributed by atoms with Gasteiger partial charge >= 0.3 is 0 Å². The molecule has 3 aliphatic rings. The number of hydrogen-bond donors (Lipinski definition) is 0. The maximum absolute atomic E-state index is 13.9. The highest BCUT2D eigenvalue weighted by Crippen LogP contribution is 2.38. The molecule has 2 aromatic carbocycles. The lowest BCUT2D eigenvalue weighted by Crippen LogP contribution is -2.60. The van der Waals surface area contributed by atoms with Crippen LogP contribution in [0.3, 0.4) is 0 Å². The first-order valence-corrected chi connectivity index (χ1v) is 17.1. The Kier molecular flexibility index (Phi) is 8.17. The van der Waals surface area contributed by atoms with Crippen LogP contribution in [0.4, 0.5) is 0 Å². The quantitative estimate of drug-likeness (QED) is 0.396. The second-order valence-electron chi connectivity index (χ2n) is 12.7. The molecular weight excluding hydrogens is 584 g/mol. The number of aromatic nitrogens is 3. The van der Waals surface area contributed by atoms with Gasteiger partial charge in [-0.2, -0.15) is 4.31 Å². The standard InChI is InChI=1S/C32H41ClN6O3S/c1-20-14-21(2)31(22(3)15-20)43(41,42)39-13-7-10-30(39)32(40)36-16-23(4)37(24(5)17-36)18-25-19-38(35-34-25)29-12-11-26-27(29)8-6-9-28(26)33/h6,8-9,14-15,19,23-24,29-30H,7,10-13,16-18H2,1-5H3/t23-,24+,29-,30?/m1/s1. The number of sulfonamides is 1. The molecule has 0 saturated carbocycles. The van der Waals surface area contributed by atoms with Crippen molar-refractivity contribution in [2.24, 2.45) is 0 Å². The fraction of sp³-hybridized carbons (Fsp3) is 0.531. The van der Waals surface area contributed by atoms with Crippen molar-refractivity contribution in [3.05, 3.63) is 75.1 Å². The summed E-state index contributed by atoms with van der Waals surface area (Å²) >= 11 is 6.43. The van der Waals surface area contributed by atoms with E-state index in [-0.39, 0.29) is 24.0 Å². The van der Waals surface area contributed by atoms with E-state index in [9.17, 15) is 13.2 Å². The van der Waals surface area contributed by atoms with Gasteiger partial charge < -0.3 is 4.90 Å². The molecule has 230 valence electrons. The largest absolute Gasteiger partial charge is 0.338 e. The predicted octanol–water partition coefficient (Wildman–Crippen LogP) is 4.67. The highest BCUT2D eigenvalue weighted by Gasteiger charge is 2.44. The summed E-state index contributed by atoms with van der Waals surface area (Å²) in [5, 5.41) is 9.80. The lowest BCUT2D eigenvalue weighted by atomic mass is 10.1. The SMILES string of the molecule is Cc1cc(C)c(S(=O)(=O)N2CCCC2C(=O)N2C[C@@H](C)N(Cc3cn([C@@H]4CCc5c(Cl)cccc54)nn3)[C@@H](C)C2)c(C)c1. The van der Waals surface area contributed by atoms with Crippen LogP contribution >= 0.6 is 11.6 Å².